The number of rotatable bonds is 2. The summed E-state index contributed by atoms with van der Waals surface area (Å²) < 4.78 is 19.1. The van der Waals surface area contributed by atoms with E-state index in [0.29, 0.717) is 25.9 Å². The summed E-state index contributed by atoms with van der Waals surface area (Å²) in [6.07, 6.45) is 2.44. The molecule has 1 spiro atoms. The summed E-state index contributed by atoms with van der Waals surface area (Å²) in [4.78, 5) is 26.2. The van der Waals surface area contributed by atoms with Gasteiger partial charge in [-0.15, -0.1) is 0 Å². The molecule has 4 fully saturated rings. The van der Waals surface area contributed by atoms with Gasteiger partial charge in [0, 0.05) is 31.3 Å². The highest BCUT2D eigenvalue weighted by Gasteiger charge is 2.89. The quantitative estimate of drug-likeness (QED) is 0.849. The van der Waals surface area contributed by atoms with E-state index in [1.807, 2.05) is 20.8 Å². The van der Waals surface area contributed by atoms with Gasteiger partial charge in [0.25, 0.3) is 0 Å². The molecule has 4 rings (SSSR count). The molecule has 122 valence electrons. The van der Waals surface area contributed by atoms with Crippen LogP contribution in [0.15, 0.2) is 0 Å². The van der Waals surface area contributed by atoms with Crippen molar-refractivity contribution in [3.05, 3.63) is 0 Å². The van der Waals surface area contributed by atoms with E-state index in [4.69, 9.17) is 4.74 Å². The van der Waals surface area contributed by atoms with E-state index in [0.717, 1.165) is 12.8 Å². The molecule has 5 nitrogen and oxygen atoms in total. The lowest BCUT2D eigenvalue weighted by molar-refractivity contribution is -0.125. The second kappa shape index (κ2) is 3.77. The predicted molar refractivity (Wildman–Crippen MR) is 76.9 cm³/mol. The van der Waals surface area contributed by atoms with Crippen molar-refractivity contribution in [2.75, 3.05) is 13.1 Å². The maximum Gasteiger partial charge on any atom is 0.410 e. The molecule has 2 amide bonds. The van der Waals surface area contributed by atoms with Gasteiger partial charge in [-0.25, -0.2) is 9.18 Å². The van der Waals surface area contributed by atoms with Gasteiger partial charge in [-0.3, -0.25) is 4.79 Å². The van der Waals surface area contributed by atoms with Crippen molar-refractivity contribution in [1.82, 2.24) is 10.2 Å². The summed E-state index contributed by atoms with van der Waals surface area (Å²) in [6, 6.07) is -0.0626. The average molecular weight is 310 g/mol. The highest BCUT2D eigenvalue weighted by atomic mass is 19.1. The fourth-order valence-corrected chi connectivity index (χ4v) is 3.78. The molecule has 0 aromatic carbocycles. The fraction of sp³-hybridized carbons (Fsp3) is 0.875. The lowest BCUT2D eigenvalue weighted by Crippen LogP contribution is -2.44. The Hall–Kier alpha value is -1.33. The number of halogens is 1. The molecule has 6 heteroatoms. The van der Waals surface area contributed by atoms with E-state index in [2.05, 4.69) is 5.32 Å². The first-order chi connectivity index (χ1) is 10.1. The molecule has 3 aliphatic carbocycles. The monoisotopic (exact) mass is 310 g/mol. The Bertz CT molecular complexity index is 558. The molecule has 22 heavy (non-hydrogen) atoms. The first kappa shape index (κ1) is 14.3. The summed E-state index contributed by atoms with van der Waals surface area (Å²) in [5.74, 6) is -0.155. The zero-order valence-electron chi connectivity index (χ0n) is 13.4. The minimum atomic E-state index is -1.21. The van der Waals surface area contributed by atoms with E-state index in [1.165, 1.54) is 0 Å². The molecule has 0 aromatic rings. The molecule has 1 heterocycles. The number of hydrogen-bond acceptors (Lipinski definition) is 3. The maximum atomic E-state index is 13.7. The standard InChI is InChI=1S/C16H23FN2O3/c1-13(2,3)22-12(21)19-6-10(14(9-19)4-5-14)18-11(20)15-7-16(15,17)8-15/h10H,4-9H2,1-3H3,(H,18,20). The number of hydrogen-bond donors (Lipinski definition) is 1. The predicted octanol–water partition coefficient (Wildman–Crippen LogP) is 2.00. The van der Waals surface area contributed by atoms with Crippen molar-refractivity contribution in [1.29, 1.82) is 0 Å². The first-order valence-electron chi connectivity index (χ1n) is 8.07. The molecular formula is C16H23FN2O3. The zero-order chi connectivity index (χ0) is 16.0. The Morgan fingerprint density at radius 2 is 1.86 bits per heavy atom. The highest BCUT2D eigenvalue weighted by molar-refractivity contribution is 5.93. The van der Waals surface area contributed by atoms with Gasteiger partial charge in [-0.2, -0.15) is 0 Å². The Morgan fingerprint density at radius 3 is 2.32 bits per heavy atom. The van der Waals surface area contributed by atoms with E-state index in [1.54, 1.807) is 4.90 Å². The lowest BCUT2D eigenvalue weighted by atomic mass is 10.00. The third-order valence-corrected chi connectivity index (χ3v) is 5.70. The zero-order valence-corrected chi connectivity index (χ0v) is 13.4. The van der Waals surface area contributed by atoms with Crippen LogP contribution < -0.4 is 5.32 Å². The number of alkyl halides is 1. The van der Waals surface area contributed by atoms with Crippen molar-refractivity contribution >= 4 is 12.0 Å². The van der Waals surface area contributed by atoms with Crippen molar-refractivity contribution in [3.63, 3.8) is 0 Å². The Kier molecular flexibility index (Phi) is 2.44. The summed E-state index contributed by atoms with van der Waals surface area (Å²) in [6.45, 7) is 6.62. The van der Waals surface area contributed by atoms with Gasteiger partial charge in [0.15, 0.2) is 0 Å². The Morgan fingerprint density at radius 1 is 1.27 bits per heavy atom. The van der Waals surface area contributed by atoms with Crippen LogP contribution in [0.3, 0.4) is 0 Å². The van der Waals surface area contributed by atoms with E-state index >= 15 is 0 Å². The number of carbonyl (C=O) groups excluding carboxylic acids is 2. The van der Waals surface area contributed by atoms with Gasteiger partial charge in [0.1, 0.15) is 11.3 Å². The number of ether oxygens (including phenoxy) is 1. The lowest BCUT2D eigenvalue weighted by Gasteiger charge is -2.24. The molecule has 0 bridgehead atoms. The molecule has 1 unspecified atom stereocenters. The van der Waals surface area contributed by atoms with Crippen LogP contribution in [0.2, 0.25) is 0 Å². The minimum Gasteiger partial charge on any atom is -0.444 e. The molecule has 1 atom stereocenters. The maximum absolute atomic E-state index is 13.7. The second-order valence-electron chi connectivity index (χ2n) is 8.65. The molecular weight excluding hydrogens is 287 g/mol. The van der Waals surface area contributed by atoms with Crippen molar-refractivity contribution in [2.24, 2.45) is 10.8 Å². The van der Waals surface area contributed by atoms with Gasteiger partial charge < -0.3 is 15.0 Å². The number of likely N-dealkylation sites (tertiary alicyclic amines) is 1. The van der Waals surface area contributed by atoms with Gasteiger partial charge in [-0.1, -0.05) is 0 Å². The summed E-state index contributed by atoms with van der Waals surface area (Å²) in [7, 11) is 0. The number of fused-ring (bicyclic) bond motifs is 1. The average Bonchev–Trinajstić information content (AvgIpc) is 3.22. The first-order valence-corrected chi connectivity index (χ1v) is 8.07. The van der Waals surface area contributed by atoms with Gasteiger partial charge in [-0.05, 0) is 33.6 Å². The van der Waals surface area contributed by atoms with Crippen LogP contribution in [0.25, 0.3) is 0 Å². The summed E-state index contributed by atoms with van der Waals surface area (Å²) >= 11 is 0. The molecule has 0 aromatic heterocycles. The summed E-state index contributed by atoms with van der Waals surface area (Å²) in [5.41, 5.74) is -2.46. The van der Waals surface area contributed by atoms with Crippen LogP contribution in [0.4, 0.5) is 9.18 Å². The normalized spacial score (nSPS) is 40.2. The fourth-order valence-electron chi connectivity index (χ4n) is 3.78. The highest BCUT2D eigenvalue weighted by Crippen LogP contribution is 2.81. The number of carbonyl (C=O) groups is 2. The molecule has 1 aliphatic heterocycles. The van der Waals surface area contributed by atoms with Gasteiger partial charge >= 0.3 is 6.09 Å². The molecule has 3 saturated carbocycles. The van der Waals surface area contributed by atoms with Crippen LogP contribution in [-0.2, 0) is 9.53 Å². The Labute approximate surface area is 129 Å². The van der Waals surface area contributed by atoms with Gasteiger partial charge in [0.05, 0.1) is 11.5 Å². The number of nitrogens with one attached hydrogen (secondary N) is 1. The van der Waals surface area contributed by atoms with Crippen molar-refractivity contribution in [3.8, 4) is 0 Å². The largest absolute Gasteiger partial charge is 0.444 e. The van der Waals surface area contributed by atoms with Crippen LogP contribution in [-0.4, -0.2) is 47.3 Å². The number of amides is 2. The van der Waals surface area contributed by atoms with E-state index in [9.17, 15) is 14.0 Å². The third-order valence-electron chi connectivity index (χ3n) is 5.70. The molecule has 4 aliphatic rings. The molecule has 1 N–H and O–H groups in total. The Balaban J connectivity index is 1.40. The van der Waals surface area contributed by atoms with Crippen molar-refractivity contribution < 1.29 is 18.7 Å². The minimum absolute atomic E-state index is 0.00798. The van der Waals surface area contributed by atoms with Crippen LogP contribution in [0.5, 0.6) is 0 Å². The van der Waals surface area contributed by atoms with Crippen molar-refractivity contribution in [2.45, 2.75) is 63.8 Å². The van der Waals surface area contributed by atoms with E-state index < -0.39 is 16.7 Å². The molecule has 1 saturated heterocycles. The summed E-state index contributed by atoms with van der Waals surface area (Å²) in [5, 5.41) is 3.02. The molecule has 0 radical (unpaired) electrons. The smallest absolute Gasteiger partial charge is 0.410 e. The van der Waals surface area contributed by atoms with Gasteiger partial charge in [0.2, 0.25) is 5.91 Å². The second-order valence-corrected chi connectivity index (χ2v) is 8.65. The van der Waals surface area contributed by atoms with Crippen LogP contribution in [0.1, 0.15) is 46.5 Å². The third kappa shape index (κ3) is 1.95. The van der Waals surface area contributed by atoms with Crippen LogP contribution in [0, 0.1) is 10.8 Å². The number of nitrogens with zero attached hydrogens (tertiary/aromatic N) is 1. The van der Waals surface area contributed by atoms with Crippen LogP contribution >= 0.6 is 0 Å². The SMILES string of the molecule is CC(C)(C)OC(=O)N1CC(NC(=O)C23CC2(F)C3)C2(CC2)C1. The van der Waals surface area contributed by atoms with E-state index in [-0.39, 0.29) is 23.5 Å². The topological polar surface area (TPSA) is 58.6 Å².